The molecule has 6 atom stereocenters. The molecule has 0 heterocycles. The van der Waals surface area contributed by atoms with Gasteiger partial charge in [-0.3, -0.25) is 19.3 Å². The van der Waals surface area contributed by atoms with Crippen molar-refractivity contribution >= 4 is 17.5 Å². The van der Waals surface area contributed by atoms with Crippen LogP contribution in [0.3, 0.4) is 0 Å². The molecule has 1 amide bonds. The van der Waals surface area contributed by atoms with Gasteiger partial charge in [0.2, 0.25) is 0 Å². The first-order valence-electron chi connectivity index (χ1n) is 10.2. The van der Waals surface area contributed by atoms with E-state index in [1.54, 1.807) is 14.1 Å². The lowest BCUT2D eigenvalue weighted by atomic mass is 9.51. The fourth-order valence-corrected chi connectivity index (χ4v) is 6.08. The van der Waals surface area contributed by atoms with E-state index < -0.39 is 75.7 Å². The second kappa shape index (κ2) is 6.85. The number of hydrogen-bond donors (Lipinski definition) is 6. The minimum Gasteiger partial charge on any atom is -0.511 e. The number of carbonyl (C=O) groups excluding carboxylic acids is 3. The third kappa shape index (κ3) is 2.70. The van der Waals surface area contributed by atoms with Crippen molar-refractivity contribution in [2.45, 2.75) is 30.8 Å². The number of benzene rings is 1. The number of nitrogens with zero attached hydrogens (tertiary/aromatic N) is 1. The molecule has 0 saturated heterocycles. The first-order chi connectivity index (χ1) is 14.7. The van der Waals surface area contributed by atoms with Gasteiger partial charge in [-0.2, -0.15) is 0 Å². The SMILES string of the molecule is CN(C)[C@@H]1C(=O)C(C(N)=O)=C(O)[C@H]2[C@@H]1C[C@H]1C(C(=O)c3c(O)cccc3C1(C)O)C2(O)O. The van der Waals surface area contributed by atoms with Crippen LogP contribution in [-0.4, -0.2) is 73.8 Å². The van der Waals surface area contributed by atoms with Crippen molar-refractivity contribution < 1.29 is 39.9 Å². The molecule has 1 aromatic carbocycles. The summed E-state index contributed by atoms with van der Waals surface area (Å²) < 4.78 is 0. The Labute approximate surface area is 183 Å². The molecule has 172 valence electrons. The van der Waals surface area contributed by atoms with Crippen molar-refractivity contribution in [3.05, 3.63) is 40.7 Å². The summed E-state index contributed by atoms with van der Waals surface area (Å²) in [5.41, 5.74) is 2.70. The fourth-order valence-electron chi connectivity index (χ4n) is 6.08. The monoisotopic (exact) mass is 446 g/mol. The molecule has 3 aliphatic rings. The molecule has 0 aliphatic heterocycles. The molecule has 0 radical (unpaired) electrons. The van der Waals surface area contributed by atoms with E-state index in [2.05, 4.69) is 0 Å². The van der Waals surface area contributed by atoms with Gasteiger partial charge in [-0.1, -0.05) is 12.1 Å². The minimum absolute atomic E-state index is 0.0449. The summed E-state index contributed by atoms with van der Waals surface area (Å²) in [7, 11) is 3.11. The first kappa shape index (κ1) is 22.4. The highest BCUT2D eigenvalue weighted by molar-refractivity contribution is 6.21. The second-order valence-electron chi connectivity index (χ2n) is 9.35. The van der Waals surface area contributed by atoms with E-state index in [9.17, 15) is 39.9 Å². The highest BCUT2D eigenvalue weighted by atomic mass is 16.5. The van der Waals surface area contributed by atoms with E-state index in [0.717, 1.165) is 0 Å². The number of likely N-dealkylation sites (N-methyl/N-ethyl adjacent to an activating group) is 1. The van der Waals surface area contributed by atoms with Crippen LogP contribution in [-0.2, 0) is 15.2 Å². The summed E-state index contributed by atoms with van der Waals surface area (Å²) >= 11 is 0. The number of ketones is 2. The molecule has 32 heavy (non-hydrogen) atoms. The van der Waals surface area contributed by atoms with E-state index >= 15 is 0 Å². The maximum Gasteiger partial charge on any atom is 0.255 e. The highest BCUT2D eigenvalue weighted by Gasteiger charge is 2.68. The smallest absolute Gasteiger partial charge is 0.255 e. The van der Waals surface area contributed by atoms with E-state index in [-0.39, 0.29) is 17.5 Å². The van der Waals surface area contributed by atoms with Crippen LogP contribution in [0.5, 0.6) is 5.75 Å². The van der Waals surface area contributed by atoms with E-state index in [0.29, 0.717) is 0 Å². The van der Waals surface area contributed by atoms with Gasteiger partial charge in [0.05, 0.1) is 29.0 Å². The van der Waals surface area contributed by atoms with Crippen LogP contribution in [0.4, 0.5) is 0 Å². The Morgan fingerprint density at radius 2 is 1.72 bits per heavy atom. The molecule has 3 aliphatic carbocycles. The molecule has 2 unspecified atom stereocenters. The van der Waals surface area contributed by atoms with Crippen molar-refractivity contribution in [3.8, 4) is 5.75 Å². The van der Waals surface area contributed by atoms with Gasteiger partial charge in [-0.15, -0.1) is 0 Å². The van der Waals surface area contributed by atoms with Gasteiger partial charge in [0.25, 0.3) is 5.91 Å². The van der Waals surface area contributed by atoms with Gasteiger partial charge in [0, 0.05) is 5.92 Å². The number of phenolic OH excluding ortho intramolecular Hbond substituents is 1. The Morgan fingerprint density at radius 3 is 2.28 bits per heavy atom. The third-order valence-corrected chi connectivity index (χ3v) is 7.38. The summed E-state index contributed by atoms with van der Waals surface area (Å²) in [5.74, 6) is -12.3. The number of phenols is 1. The minimum atomic E-state index is -2.95. The predicted octanol–water partition coefficient (Wildman–Crippen LogP) is -0.844. The van der Waals surface area contributed by atoms with Crippen LogP contribution in [0.2, 0.25) is 0 Å². The normalized spacial score (nSPS) is 35.9. The number of carbonyl (C=O) groups is 3. The number of fused-ring (bicyclic) bond motifs is 3. The average Bonchev–Trinajstić information content (AvgIpc) is 2.64. The second-order valence-corrected chi connectivity index (χ2v) is 9.35. The van der Waals surface area contributed by atoms with Gasteiger partial charge < -0.3 is 31.3 Å². The number of primary amides is 1. The Morgan fingerprint density at radius 1 is 1.09 bits per heavy atom. The summed E-state index contributed by atoms with van der Waals surface area (Å²) in [5, 5.41) is 55.2. The molecular weight excluding hydrogens is 420 g/mol. The molecule has 7 N–H and O–H groups in total. The van der Waals surface area contributed by atoms with Crippen molar-refractivity contribution in [3.63, 3.8) is 0 Å². The van der Waals surface area contributed by atoms with Crippen LogP contribution in [0.25, 0.3) is 0 Å². The largest absolute Gasteiger partial charge is 0.511 e. The number of aliphatic hydroxyl groups is 4. The lowest BCUT2D eigenvalue weighted by Crippen LogP contribution is -2.68. The molecular formula is C22H26N2O8. The molecule has 0 spiro atoms. The quantitative estimate of drug-likeness (QED) is 0.249. The van der Waals surface area contributed by atoms with E-state index in [4.69, 9.17) is 5.73 Å². The molecule has 10 heteroatoms. The molecule has 0 bridgehead atoms. The lowest BCUT2D eigenvalue weighted by Gasteiger charge is -2.57. The number of rotatable bonds is 2. The molecule has 1 fully saturated rings. The van der Waals surface area contributed by atoms with E-state index in [1.807, 2.05) is 0 Å². The van der Waals surface area contributed by atoms with Crippen molar-refractivity contribution in [1.29, 1.82) is 0 Å². The number of hydrogen-bond acceptors (Lipinski definition) is 9. The van der Waals surface area contributed by atoms with Crippen molar-refractivity contribution in [1.82, 2.24) is 4.90 Å². The maximum absolute atomic E-state index is 13.4. The van der Waals surface area contributed by atoms with Crippen LogP contribution in [0.1, 0.15) is 29.3 Å². The van der Waals surface area contributed by atoms with Gasteiger partial charge in [0.1, 0.15) is 17.1 Å². The van der Waals surface area contributed by atoms with Crippen LogP contribution < -0.4 is 5.73 Å². The Balaban J connectivity index is 1.98. The Hall–Kier alpha value is -2.79. The number of nitrogens with two attached hydrogens (primary N) is 1. The molecule has 0 aromatic heterocycles. The van der Waals surface area contributed by atoms with E-state index in [1.165, 1.54) is 30.0 Å². The molecule has 1 aromatic rings. The molecule has 1 saturated carbocycles. The Kier molecular flexibility index (Phi) is 4.80. The van der Waals surface area contributed by atoms with Gasteiger partial charge in [-0.05, 0) is 45.0 Å². The summed E-state index contributed by atoms with van der Waals surface area (Å²) in [6.45, 7) is 1.41. The van der Waals surface area contributed by atoms with Gasteiger partial charge in [-0.25, -0.2) is 0 Å². The van der Waals surface area contributed by atoms with Crippen LogP contribution >= 0.6 is 0 Å². The summed E-state index contributed by atoms with van der Waals surface area (Å²) in [4.78, 5) is 39.8. The number of aromatic hydroxyl groups is 1. The number of aliphatic hydroxyl groups excluding tert-OH is 1. The molecule has 4 rings (SSSR count). The first-order valence-corrected chi connectivity index (χ1v) is 10.2. The zero-order valence-corrected chi connectivity index (χ0v) is 17.8. The standard InChI is InChI=1S/C22H26N2O8/c1-21(30)9-5-4-6-11(25)12(9)17(26)15-10(21)7-8-14(22(15,31)32)18(27)13(20(23)29)19(28)16(8)24(2)3/h4-6,8,10,14-16,25,27,30-32H,7H2,1-3H3,(H2,23,29)/t8-,10-,14+,15?,16-,21?/m0/s1. The number of Topliss-reactive ketones (excluding diaryl/α,β-unsaturated/α-hetero) is 2. The van der Waals surface area contributed by atoms with Gasteiger partial charge in [0.15, 0.2) is 17.4 Å². The zero-order valence-electron chi connectivity index (χ0n) is 17.8. The topological polar surface area (TPSA) is 182 Å². The number of amides is 1. The third-order valence-electron chi connectivity index (χ3n) is 7.38. The zero-order chi connectivity index (χ0) is 23.9. The van der Waals surface area contributed by atoms with Gasteiger partial charge >= 0.3 is 0 Å². The Bertz CT molecular complexity index is 1070. The van der Waals surface area contributed by atoms with Crippen molar-refractivity contribution in [2.24, 2.45) is 29.4 Å². The highest BCUT2D eigenvalue weighted by Crippen LogP contribution is 2.59. The van der Waals surface area contributed by atoms with Crippen molar-refractivity contribution in [2.75, 3.05) is 14.1 Å². The van der Waals surface area contributed by atoms with Crippen LogP contribution in [0.15, 0.2) is 29.5 Å². The lowest BCUT2D eigenvalue weighted by molar-refractivity contribution is -0.282. The maximum atomic E-state index is 13.4. The summed E-state index contributed by atoms with van der Waals surface area (Å²) in [6, 6.07) is 3.13. The van der Waals surface area contributed by atoms with Crippen LogP contribution in [0, 0.1) is 23.7 Å². The molecule has 10 nitrogen and oxygen atoms in total. The summed E-state index contributed by atoms with van der Waals surface area (Å²) in [6.07, 6.45) is -0.0449. The average molecular weight is 446 g/mol. The predicted molar refractivity (Wildman–Crippen MR) is 109 cm³/mol. The fraction of sp³-hybridized carbons (Fsp3) is 0.500.